The zero-order valence-corrected chi connectivity index (χ0v) is 14.7. The van der Waals surface area contributed by atoms with E-state index < -0.39 is 5.92 Å². The maximum atomic E-state index is 12.3. The van der Waals surface area contributed by atoms with E-state index >= 15 is 0 Å². The lowest BCUT2D eigenvalue weighted by Crippen LogP contribution is -2.16. The second-order valence-electron chi connectivity index (χ2n) is 6.00. The molecule has 0 heterocycles. The van der Waals surface area contributed by atoms with Gasteiger partial charge in [-0.2, -0.15) is 0 Å². The molecule has 1 unspecified atom stereocenters. The fraction of sp³-hybridized carbons (Fsp3) is 0.286. The summed E-state index contributed by atoms with van der Waals surface area (Å²) in [6.07, 6.45) is 0.459. The Morgan fingerprint density at radius 1 is 1.20 bits per heavy atom. The first-order chi connectivity index (χ1) is 12.0. The minimum atomic E-state index is -0.511. The van der Waals surface area contributed by atoms with Crippen LogP contribution < -0.4 is 4.74 Å². The van der Waals surface area contributed by atoms with Crippen molar-refractivity contribution in [3.63, 3.8) is 0 Å². The number of carbonyl (C=O) groups is 1. The zero-order valence-electron chi connectivity index (χ0n) is 14.7. The third-order valence-corrected chi connectivity index (χ3v) is 3.69. The van der Waals surface area contributed by atoms with Crippen molar-refractivity contribution in [2.75, 3.05) is 6.61 Å². The summed E-state index contributed by atoms with van der Waals surface area (Å²) >= 11 is 0. The molecule has 2 aromatic carbocycles. The van der Waals surface area contributed by atoms with E-state index in [4.69, 9.17) is 9.47 Å². The Morgan fingerprint density at radius 3 is 2.56 bits per heavy atom. The first-order valence-electron chi connectivity index (χ1n) is 8.31. The Kier molecular flexibility index (Phi) is 6.63. The second-order valence-corrected chi connectivity index (χ2v) is 6.00. The predicted octanol–water partition coefficient (Wildman–Crippen LogP) is 4.58. The summed E-state index contributed by atoms with van der Waals surface area (Å²) in [6, 6.07) is 14.6. The molecule has 2 rings (SSSR count). The number of rotatable bonds is 8. The predicted molar refractivity (Wildman–Crippen MR) is 97.7 cm³/mol. The molecule has 0 bridgehead atoms. The van der Waals surface area contributed by atoms with Crippen LogP contribution >= 0.6 is 0 Å². The highest BCUT2D eigenvalue weighted by atomic mass is 16.5. The van der Waals surface area contributed by atoms with Gasteiger partial charge in [-0.05, 0) is 43.5 Å². The molecule has 0 amide bonds. The average molecular weight is 340 g/mol. The molecule has 0 saturated carbocycles. The van der Waals surface area contributed by atoms with Gasteiger partial charge in [-0.15, -0.1) is 6.58 Å². The number of phenolic OH excluding ortho intramolecular Hbond substituents is 1. The molecule has 25 heavy (non-hydrogen) atoms. The topological polar surface area (TPSA) is 55.8 Å². The van der Waals surface area contributed by atoms with E-state index in [0.717, 1.165) is 11.1 Å². The lowest BCUT2D eigenvalue weighted by Gasteiger charge is -2.17. The van der Waals surface area contributed by atoms with Crippen LogP contribution in [0.5, 0.6) is 11.5 Å². The molecule has 0 aliphatic carbocycles. The van der Waals surface area contributed by atoms with Crippen molar-refractivity contribution < 1.29 is 19.4 Å². The highest BCUT2D eigenvalue weighted by Crippen LogP contribution is 2.31. The first-order valence-corrected chi connectivity index (χ1v) is 8.31. The van der Waals surface area contributed by atoms with Crippen LogP contribution in [0.25, 0.3) is 0 Å². The average Bonchev–Trinajstić information content (AvgIpc) is 2.58. The van der Waals surface area contributed by atoms with Gasteiger partial charge in [0.1, 0.15) is 18.1 Å². The van der Waals surface area contributed by atoms with Crippen LogP contribution in [0.3, 0.4) is 0 Å². The molecule has 0 fully saturated rings. The summed E-state index contributed by atoms with van der Waals surface area (Å²) in [6.45, 7) is 8.21. The largest absolute Gasteiger partial charge is 0.508 e. The van der Waals surface area contributed by atoms with Gasteiger partial charge in [-0.3, -0.25) is 4.79 Å². The summed E-state index contributed by atoms with van der Waals surface area (Å²) in [4.78, 5) is 12.3. The van der Waals surface area contributed by atoms with Crippen molar-refractivity contribution in [2.24, 2.45) is 0 Å². The molecule has 0 saturated heterocycles. The number of hydrogen-bond acceptors (Lipinski definition) is 4. The van der Waals surface area contributed by atoms with Gasteiger partial charge in [0.25, 0.3) is 0 Å². The Balaban J connectivity index is 2.22. The number of benzene rings is 2. The molecule has 4 heteroatoms. The lowest BCUT2D eigenvalue weighted by atomic mass is 9.92. The Labute approximate surface area is 148 Å². The molecule has 2 aromatic rings. The number of allylic oxidation sites excluding steroid dienone is 1. The van der Waals surface area contributed by atoms with E-state index in [9.17, 15) is 9.90 Å². The van der Waals surface area contributed by atoms with Crippen molar-refractivity contribution in [1.29, 1.82) is 0 Å². The highest BCUT2D eigenvalue weighted by Gasteiger charge is 2.23. The minimum Gasteiger partial charge on any atom is -0.508 e. The Hall–Kier alpha value is -2.75. The van der Waals surface area contributed by atoms with Crippen molar-refractivity contribution in [2.45, 2.75) is 32.8 Å². The van der Waals surface area contributed by atoms with Crippen molar-refractivity contribution >= 4 is 5.97 Å². The summed E-state index contributed by atoms with van der Waals surface area (Å²) < 4.78 is 10.9. The molecule has 1 N–H and O–H groups in total. The molecular formula is C21H24O4. The second kappa shape index (κ2) is 8.92. The summed E-state index contributed by atoms with van der Waals surface area (Å²) in [7, 11) is 0. The van der Waals surface area contributed by atoms with Crippen LogP contribution in [0, 0.1) is 0 Å². The number of ether oxygens (including phenoxy) is 2. The summed E-state index contributed by atoms with van der Waals surface area (Å²) in [5, 5.41) is 10.0. The van der Waals surface area contributed by atoms with Gasteiger partial charge in [0.05, 0.1) is 12.5 Å². The monoisotopic (exact) mass is 340 g/mol. The van der Waals surface area contributed by atoms with Crippen molar-refractivity contribution in [1.82, 2.24) is 0 Å². The Bertz CT molecular complexity index is 722. The number of carbonyl (C=O) groups excluding carboxylic acids is 1. The molecule has 0 spiro atoms. The van der Waals surface area contributed by atoms with Crippen molar-refractivity contribution in [3.8, 4) is 11.5 Å². The minimum absolute atomic E-state index is 0.0524. The van der Waals surface area contributed by atoms with Gasteiger partial charge >= 0.3 is 5.97 Å². The van der Waals surface area contributed by atoms with Crippen LogP contribution in [-0.4, -0.2) is 17.7 Å². The van der Waals surface area contributed by atoms with E-state index in [1.165, 1.54) is 6.07 Å². The van der Waals surface area contributed by atoms with Gasteiger partial charge in [0.2, 0.25) is 0 Å². The Morgan fingerprint density at radius 2 is 1.92 bits per heavy atom. The van der Waals surface area contributed by atoms with Crippen LogP contribution in [0.4, 0.5) is 0 Å². The van der Waals surface area contributed by atoms with Gasteiger partial charge in [0, 0.05) is 6.07 Å². The molecular weight excluding hydrogens is 316 g/mol. The zero-order chi connectivity index (χ0) is 18.2. The van der Waals surface area contributed by atoms with Crippen LogP contribution in [0.15, 0.2) is 60.7 Å². The summed E-state index contributed by atoms with van der Waals surface area (Å²) in [5.41, 5.74) is 2.55. The first kappa shape index (κ1) is 18.6. The van der Waals surface area contributed by atoms with Crippen LogP contribution in [-0.2, 0) is 16.1 Å². The van der Waals surface area contributed by atoms with Crippen molar-refractivity contribution in [3.05, 3.63) is 71.8 Å². The third-order valence-electron chi connectivity index (χ3n) is 3.69. The standard InChI is InChI=1S/C21H24O4/c1-4-24-21(23)20(10-15(2)3)17-11-18(22)13-19(12-17)25-14-16-8-6-5-7-9-16/h5-9,11-13,20,22H,2,4,10,14H2,1,3H3. The quantitative estimate of drug-likeness (QED) is 0.564. The fourth-order valence-corrected chi connectivity index (χ4v) is 2.56. The van der Waals surface area contributed by atoms with E-state index in [1.54, 1.807) is 19.1 Å². The van der Waals surface area contributed by atoms with Gasteiger partial charge in [0.15, 0.2) is 0 Å². The smallest absolute Gasteiger partial charge is 0.313 e. The van der Waals surface area contributed by atoms with E-state index in [2.05, 4.69) is 6.58 Å². The normalized spacial score (nSPS) is 11.6. The molecule has 132 valence electrons. The van der Waals surface area contributed by atoms with Crippen LogP contribution in [0.1, 0.15) is 37.3 Å². The highest BCUT2D eigenvalue weighted by molar-refractivity contribution is 5.79. The van der Waals surface area contributed by atoms with E-state index in [1.807, 2.05) is 37.3 Å². The van der Waals surface area contributed by atoms with Gasteiger partial charge in [-0.25, -0.2) is 0 Å². The molecule has 0 aliphatic heterocycles. The molecule has 4 nitrogen and oxygen atoms in total. The molecule has 0 radical (unpaired) electrons. The maximum absolute atomic E-state index is 12.3. The number of esters is 1. The number of hydrogen-bond donors (Lipinski definition) is 1. The number of phenols is 1. The number of aromatic hydroxyl groups is 1. The third kappa shape index (κ3) is 5.68. The van der Waals surface area contributed by atoms with Gasteiger partial charge < -0.3 is 14.6 Å². The maximum Gasteiger partial charge on any atom is 0.313 e. The van der Waals surface area contributed by atoms with Gasteiger partial charge in [-0.1, -0.05) is 35.9 Å². The van der Waals surface area contributed by atoms with E-state index in [-0.39, 0.29) is 11.7 Å². The SMILES string of the molecule is C=C(C)CC(C(=O)OCC)c1cc(O)cc(OCc2ccccc2)c1. The summed E-state index contributed by atoms with van der Waals surface area (Å²) in [5.74, 6) is -0.278. The molecule has 0 aliphatic rings. The molecule has 1 atom stereocenters. The van der Waals surface area contributed by atoms with Crippen LogP contribution in [0.2, 0.25) is 0 Å². The fourth-order valence-electron chi connectivity index (χ4n) is 2.56. The van der Waals surface area contributed by atoms with E-state index in [0.29, 0.717) is 30.9 Å². The lowest BCUT2D eigenvalue weighted by molar-refractivity contribution is -0.144. The molecule has 0 aromatic heterocycles.